The number of fused-ring (bicyclic) bond motifs is 1. The number of hydrogen-bond donors (Lipinski definition) is 0. The van der Waals surface area contributed by atoms with E-state index in [1.807, 2.05) is 91.8 Å². The number of allylic oxidation sites excluding steroid dienone is 12. The van der Waals surface area contributed by atoms with Crippen LogP contribution in [0.1, 0.15) is 73.8 Å². The summed E-state index contributed by atoms with van der Waals surface area (Å²) in [5, 5.41) is 2.55. The van der Waals surface area contributed by atoms with Crippen molar-refractivity contribution in [2.75, 3.05) is 9.80 Å². The number of nitrogens with zero attached hydrogens (tertiary/aromatic N) is 2. The molecule has 0 bridgehead atoms. The van der Waals surface area contributed by atoms with E-state index in [1.165, 1.54) is 38.7 Å². The van der Waals surface area contributed by atoms with Crippen LogP contribution in [0.15, 0.2) is 212 Å². The summed E-state index contributed by atoms with van der Waals surface area (Å²) in [6, 6.07) is 43.6. The monoisotopic (exact) mass is 738 g/mol. The van der Waals surface area contributed by atoms with Crippen LogP contribution >= 0.6 is 0 Å². The minimum Gasteiger partial charge on any atom is -0.324 e. The molecule has 5 aromatic rings. The Bertz CT molecular complexity index is 2100. The number of rotatable bonds is 6. The average Bonchev–Trinajstić information content (AvgIpc) is 3.32. The lowest BCUT2D eigenvalue weighted by Gasteiger charge is -2.30. The summed E-state index contributed by atoms with van der Waals surface area (Å²) in [6.45, 7) is 24.2. The molecule has 0 saturated carbocycles. The van der Waals surface area contributed by atoms with Crippen LogP contribution in [0.5, 0.6) is 0 Å². The van der Waals surface area contributed by atoms with Gasteiger partial charge >= 0.3 is 0 Å². The van der Waals surface area contributed by atoms with Crippen LogP contribution in [-0.4, -0.2) is 0 Å². The van der Waals surface area contributed by atoms with Crippen LogP contribution < -0.4 is 9.80 Å². The second-order valence-electron chi connectivity index (χ2n) is 12.0. The maximum Gasteiger partial charge on any atom is 0.0459 e. The van der Waals surface area contributed by atoms with Gasteiger partial charge in [0.1, 0.15) is 0 Å². The highest BCUT2D eigenvalue weighted by Gasteiger charge is 2.19. The molecule has 0 unspecified atom stereocenters. The summed E-state index contributed by atoms with van der Waals surface area (Å²) in [5.41, 5.74) is 11.5. The van der Waals surface area contributed by atoms with Crippen molar-refractivity contribution in [3.05, 3.63) is 218 Å². The van der Waals surface area contributed by atoms with E-state index in [4.69, 9.17) is 0 Å². The van der Waals surface area contributed by atoms with Gasteiger partial charge in [0.15, 0.2) is 0 Å². The van der Waals surface area contributed by atoms with Crippen molar-refractivity contribution in [1.29, 1.82) is 0 Å². The van der Waals surface area contributed by atoms with Crippen molar-refractivity contribution in [1.82, 2.24) is 0 Å². The zero-order chi connectivity index (χ0) is 40.7. The van der Waals surface area contributed by atoms with E-state index in [-0.39, 0.29) is 0 Å². The Morgan fingerprint density at radius 1 is 0.464 bits per heavy atom. The molecule has 1 heterocycles. The molecule has 56 heavy (non-hydrogen) atoms. The molecule has 0 N–H and O–H groups in total. The molecule has 0 saturated heterocycles. The molecule has 2 nitrogen and oxygen atoms in total. The Kier molecular flexibility index (Phi) is 19.2. The molecule has 0 fully saturated rings. The van der Waals surface area contributed by atoms with E-state index in [2.05, 4.69) is 169 Å². The highest BCUT2D eigenvalue weighted by Crippen LogP contribution is 2.38. The van der Waals surface area contributed by atoms with E-state index >= 15 is 0 Å². The van der Waals surface area contributed by atoms with Gasteiger partial charge in [0.2, 0.25) is 0 Å². The van der Waals surface area contributed by atoms with Crippen molar-refractivity contribution in [2.45, 2.75) is 68.2 Å². The Morgan fingerprint density at radius 3 is 1.52 bits per heavy atom. The zero-order valence-electron chi connectivity index (χ0n) is 35.0. The third-order valence-corrected chi connectivity index (χ3v) is 8.90. The molecule has 5 aromatic carbocycles. The first-order valence-corrected chi connectivity index (χ1v) is 20.4. The molecular weight excluding hydrogens is 677 g/mol. The van der Waals surface area contributed by atoms with Crippen molar-refractivity contribution in [2.24, 2.45) is 0 Å². The molecule has 2 aliphatic rings. The van der Waals surface area contributed by atoms with Gasteiger partial charge in [-0.1, -0.05) is 178 Å². The Labute approximate surface area is 339 Å². The fourth-order valence-corrected chi connectivity index (χ4v) is 6.19. The first-order valence-electron chi connectivity index (χ1n) is 20.4. The predicted molar refractivity (Wildman–Crippen MR) is 252 cm³/mol. The summed E-state index contributed by atoms with van der Waals surface area (Å²) >= 11 is 0. The standard InChI is InChI=1S/C46H38N2.4C2H6/c1-35-12-8-10-32-47(33-11-9-13-36(35)2)43-28-30-46(31-29-43)48(44-24-20-39(21-25-44)37-14-4-3-5-15-37)45-26-22-40(23-27-45)42-19-18-38-16-6-7-17-41(38)34-42;4*1-2/h3-22,24-26,28-34H,1-2,23,27H2;4*1-2H3/b12-8-,13-9-,32-10-,33-11-;;;;. The van der Waals surface area contributed by atoms with Crippen molar-refractivity contribution in [3.8, 4) is 11.1 Å². The van der Waals surface area contributed by atoms with Gasteiger partial charge in [-0.15, -0.1) is 0 Å². The second-order valence-corrected chi connectivity index (χ2v) is 12.0. The topological polar surface area (TPSA) is 6.48 Å². The molecule has 1 aliphatic carbocycles. The largest absolute Gasteiger partial charge is 0.324 e. The van der Waals surface area contributed by atoms with Crippen molar-refractivity contribution in [3.63, 3.8) is 0 Å². The second kappa shape index (κ2) is 24.3. The van der Waals surface area contributed by atoms with Crippen LogP contribution in [0, 0.1) is 0 Å². The van der Waals surface area contributed by atoms with E-state index in [0.717, 1.165) is 41.1 Å². The number of benzene rings is 5. The van der Waals surface area contributed by atoms with E-state index < -0.39 is 0 Å². The quantitative estimate of drug-likeness (QED) is 0.171. The zero-order valence-corrected chi connectivity index (χ0v) is 35.0. The Balaban J connectivity index is 0.000000989. The molecule has 0 amide bonds. The SMILES string of the molecule is C=C1/C=C\C=C/N(c2ccc(N(C3=CC=C(c4ccc5ccccc5c4)CC3)c3ccc(-c4ccccc4)cc3)cc2)/C=C\C=C/C1=C.CC.CC.CC.CC. The van der Waals surface area contributed by atoms with E-state index in [1.54, 1.807) is 0 Å². The summed E-state index contributed by atoms with van der Waals surface area (Å²) in [7, 11) is 0. The van der Waals surface area contributed by atoms with Gasteiger partial charge in [-0.25, -0.2) is 0 Å². The van der Waals surface area contributed by atoms with Gasteiger partial charge in [-0.3, -0.25) is 0 Å². The van der Waals surface area contributed by atoms with Gasteiger partial charge in [0, 0.05) is 35.2 Å². The minimum absolute atomic E-state index is 0.898. The molecule has 2 heteroatoms. The highest BCUT2D eigenvalue weighted by atomic mass is 15.2. The van der Waals surface area contributed by atoms with Gasteiger partial charge in [-0.05, 0) is 118 Å². The summed E-state index contributed by atoms with van der Waals surface area (Å²) in [6.07, 6.45) is 22.6. The summed E-state index contributed by atoms with van der Waals surface area (Å²) in [5.74, 6) is 0. The predicted octanol–water partition coefficient (Wildman–Crippen LogP) is 16.6. The van der Waals surface area contributed by atoms with Gasteiger partial charge in [0.05, 0.1) is 0 Å². The molecule has 0 spiro atoms. The van der Waals surface area contributed by atoms with Crippen molar-refractivity contribution < 1.29 is 0 Å². The summed E-state index contributed by atoms with van der Waals surface area (Å²) < 4.78 is 0. The maximum absolute atomic E-state index is 4.10. The van der Waals surface area contributed by atoms with Gasteiger partial charge in [-0.2, -0.15) is 0 Å². The number of anilines is 3. The van der Waals surface area contributed by atoms with Crippen LogP contribution in [0.4, 0.5) is 17.1 Å². The smallest absolute Gasteiger partial charge is 0.0459 e. The van der Waals surface area contributed by atoms with Gasteiger partial charge in [0.25, 0.3) is 0 Å². The first kappa shape index (κ1) is 44.3. The first-order chi connectivity index (χ1) is 27.6. The molecule has 1 aliphatic heterocycles. The van der Waals surface area contributed by atoms with Crippen molar-refractivity contribution >= 4 is 33.4 Å². The summed E-state index contributed by atoms with van der Waals surface area (Å²) in [4.78, 5) is 4.51. The lowest BCUT2D eigenvalue weighted by atomic mass is 9.93. The third-order valence-electron chi connectivity index (χ3n) is 8.90. The molecular formula is C54H62N2. The maximum atomic E-state index is 4.10. The highest BCUT2D eigenvalue weighted by molar-refractivity contribution is 5.87. The number of hydrogen-bond acceptors (Lipinski definition) is 2. The van der Waals surface area contributed by atoms with E-state index in [0.29, 0.717) is 0 Å². The van der Waals surface area contributed by atoms with Crippen LogP contribution in [0.2, 0.25) is 0 Å². The lowest BCUT2D eigenvalue weighted by Crippen LogP contribution is -2.18. The average molecular weight is 739 g/mol. The molecule has 288 valence electrons. The molecule has 0 aromatic heterocycles. The molecule has 7 rings (SSSR count). The molecule has 0 radical (unpaired) electrons. The lowest BCUT2D eigenvalue weighted by molar-refractivity contribution is 0.930. The van der Waals surface area contributed by atoms with Crippen LogP contribution in [0.3, 0.4) is 0 Å². The fraction of sp³-hybridized carbons (Fsp3) is 0.185. The van der Waals surface area contributed by atoms with Crippen LogP contribution in [-0.2, 0) is 0 Å². The Hall–Kier alpha value is -6.12. The van der Waals surface area contributed by atoms with Crippen LogP contribution in [0.25, 0.3) is 27.5 Å². The molecule has 0 atom stereocenters. The van der Waals surface area contributed by atoms with E-state index in [9.17, 15) is 0 Å². The minimum atomic E-state index is 0.898. The normalized spacial score (nSPS) is 15.5. The Morgan fingerprint density at radius 2 is 0.964 bits per heavy atom. The third kappa shape index (κ3) is 11.9. The fourth-order valence-electron chi connectivity index (χ4n) is 6.19. The van der Waals surface area contributed by atoms with Gasteiger partial charge < -0.3 is 9.80 Å².